The van der Waals surface area contributed by atoms with Crippen molar-refractivity contribution in [1.82, 2.24) is 4.98 Å². The first-order valence-corrected chi connectivity index (χ1v) is 9.59. The molecule has 0 fully saturated rings. The predicted molar refractivity (Wildman–Crippen MR) is 117 cm³/mol. The first-order valence-electron chi connectivity index (χ1n) is 9.59. The molecule has 0 saturated heterocycles. The van der Waals surface area contributed by atoms with E-state index in [9.17, 15) is 9.59 Å². The zero-order chi connectivity index (χ0) is 21.0. The minimum absolute atomic E-state index is 0.000842. The molecular formula is C24H25N3O2. The maximum Gasteiger partial charge on any atom is 0.257 e. The molecule has 2 aromatic carbocycles. The fourth-order valence-corrected chi connectivity index (χ4v) is 3.14. The lowest BCUT2D eigenvalue weighted by Gasteiger charge is -2.16. The Bertz CT molecular complexity index is 1060. The predicted octanol–water partition coefficient (Wildman–Crippen LogP) is 5.71. The zero-order valence-corrected chi connectivity index (χ0v) is 17.1. The molecule has 3 aromatic rings. The van der Waals surface area contributed by atoms with Crippen molar-refractivity contribution in [2.45, 2.75) is 33.6 Å². The van der Waals surface area contributed by atoms with Gasteiger partial charge in [-0.1, -0.05) is 44.2 Å². The van der Waals surface area contributed by atoms with Gasteiger partial charge >= 0.3 is 0 Å². The molecule has 0 unspecified atom stereocenters. The van der Waals surface area contributed by atoms with Gasteiger partial charge in [0.25, 0.3) is 5.91 Å². The van der Waals surface area contributed by atoms with Crippen LogP contribution in [0.2, 0.25) is 0 Å². The second-order valence-corrected chi connectivity index (χ2v) is 7.37. The first-order chi connectivity index (χ1) is 13.8. The second kappa shape index (κ2) is 8.69. The summed E-state index contributed by atoms with van der Waals surface area (Å²) in [7, 11) is 0. The van der Waals surface area contributed by atoms with Crippen LogP contribution in [0.3, 0.4) is 0 Å². The van der Waals surface area contributed by atoms with Crippen molar-refractivity contribution >= 4 is 28.8 Å². The van der Waals surface area contributed by atoms with Crippen LogP contribution in [0.4, 0.5) is 17.1 Å². The number of rotatable bonds is 6. The fourth-order valence-electron chi connectivity index (χ4n) is 3.14. The normalized spacial score (nSPS) is 10.7. The largest absolute Gasteiger partial charge is 0.354 e. The number of hydrogen-bond acceptors (Lipinski definition) is 4. The van der Waals surface area contributed by atoms with Gasteiger partial charge in [-0.15, -0.1) is 0 Å². The molecule has 3 rings (SSSR count). The SMILES string of the molecule is CC(=O)c1cccc(Nc2cncc(C(=O)Nc3c(C)cccc3C(C)C)c2)c1. The molecule has 0 atom stereocenters. The van der Waals surface area contributed by atoms with Gasteiger partial charge in [-0.25, -0.2) is 0 Å². The van der Waals surface area contributed by atoms with Crippen molar-refractivity contribution in [1.29, 1.82) is 0 Å². The van der Waals surface area contributed by atoms with Gasteiger partial charge in [0.15, 0.2) is 5.78 Å². The maximum atomic E-state index is 12.9. The monoisotopic (exact) mass is 387 g/mol. The van der Waals surface area contributed by atoms with Crippen LogP contribution >= 0.6 is 0 Å². The minimum atomic E-state index is -0.213. The van der Waals surface area contributed by atoms with Crippen molar-refractivity contribution in [3.05, 3.63) is 83.2 Å². The third kappa shape index (κ3) is 4.88. The van der Waals surface area contributed by atoms with Crippen LogP contribution in [0.1, 0.15) is 58.5 Å². The smallest absolute Gasteiger partial charge is 0.257 e. The van der Waals surface area contributed by atoms with Gasteiger partial charge in [0, 0.05) is 23.1 Å². The summed E-state index contributed by atoms with van der Waals surface area (Å²) in [5.41, 5.74) is 5.48. The van der Waals surface area contributed by atoms with Crippen LogP contribution in [0.25, 0.3) is 0 Å². The molecule has 0 bridgehead atoms. The lowest BCUT2D eigenvalue weighted by Crippen LogP contribution is -2.15. The summed E-state index contributed by atoms with van der Waals surface area (Å²) < 4.78 is 0. The number of para-hydroxylation sites is 1. The molecule has 2 N–H and O–H groups in total. The van der Waals surface area contributed by atoms with Crippen LogP contribution in [-0.4, -0.2) is 16.7 Å². The molecule has 0 spiro atoms. The van der Waals surface area contributed by atoms with E-state index in [-0.39, 0.29) is 11.7 Å². The van der Waals surface area contributed by atoms with Gasteiger partial charge in [0.1, 0.15) is 0 Å². The number of hydrogen-bond donors (Lipinski definition) is 2. The molecule has 5 nitrogen and oxygen atoms in total. The number of benzene rings is 2. The number of Topliss-reactive ketones (excluding diaryl/α,β-unsaturated/α-hetero) is 1. The summed E-state index contributed by atoms with van der Waals surface area (Å²) in [6.45, 7) is 7.72. The molecule has 29 heavy (non-hydrogen) atoms. The van der Waals surface area contributed by atoms with E-state index in [4.69, 9.17) is 0 Å². The van der Waals surface area contributed by atoms with E-state index in [1.54, 1.807) is 30.6 Å². The van der Waals surface area contributed by atoms with E-state index in [0.717, 1.165) is 22.5 Å². The number of nitrogens with zero attached hydrogens (tertiary/aromatic N) is 1. The Morgan fingerprint density at radius 3 is 2.38 bits per heavy atom. The molecule has 1 heterocycles. The number of ketones is 1. The Hall–Kier alpha value is -3.47. The quantitative estimate of drug-likeness (QED) is 0.531. The Morgan fingerprint density at radius 2 is 1.66 bits per heavy atom. The van der Waals surface area contributed by atoms with Gasteiger partial charge in [-0.2, -0.15) is 0 Å². The highest BCUT2D eigenvalue weighted by molar-refractivity contribution is 6.05. The molecule has 1 amide bonds. The number of carbonyl (C=O) groups is 2. The van der Waals surface area contributed by atoms with E-state index in [0.29, 0.717) is 22.7 Å². The van der Waals surface area contributed by atoms with Crippen molar-refractivity contribution in [3.8, 4) is 0 Å². The van der Waals surface area contributed by atoms with E-state index in [2.05, 4.69) is 29.5 Å². The molecule has 0 aliphatic heterocycles. The van der Waals surface area contributed by atoms with Crippen LogP contribution in [0.5, 0.6) is 0 Å². The molecule has 0 aliphatic carbocycles. The van der Waals surface area contributed by atoms with Crippen LogP contribution in [0, 0.1) is 6.92 Å². The third-order valence-electron chi connectivity index (χ3n) is 4.72. The summed E-state index contributed by atoms with van der Waals surface area (Å²) in [4.78, 5) is 28.6. The molecule has 0 saturated carbocycles. The lowest BCUT2D eigenvalue weighted by molar-refractivity contribution is 0.101. The van der Waals surface area contributed by atoms with Gasteiger partial charge in [-0.3, -0.25) is 14.6 Å². The van der Waals surface area contributed by atoms with Crippen LogP contribution < -0.4 is 10.6 Å². The number of aromatic nitrogens is 1. The molecule has 1 aromatic heterocycles. The zero-order valence-electron chi connectivity index (χ0n) is 17.1. The minimum Gasteiger partial charge on any atom is -0.354 e. The fraction of sp³-hybridized carbons (Fsp3) is 0.208. The highest BCUT2D eigenvalue weighted by atomic mass is 16.1. The van der Waals surface area contributed by atoms with Gasteiger partial charge in [0.05, 0.1) is 17.4 Å². The number of amides is 1. The van der Waals surface area contributed by atoms with Gasteiger partial charge in [0.2, 0.25) is 0 Å². The summed E-state index contributed by atoms with van der Waals surface area (Å²) >= 11 is 0. The number of pyridine rings is 1. The highest BCUT2D eigenvalue weighted by Crippen LogP contribution is 2.28. The Morgan fingerprint density at radius 1 is 0.931 bits per heavy atom. The van der Waals surface area contributed by atoms with E-state index < -0.39 is 0 Å². The van der Waals surface area contributed by atoms with Gasteiger partial charge in [-0.05, 0) is 49.1 Å². The maximum absolute atomic E-state index is 12.9. The Balaban J connectivity index is 1.82. The summed E-state index contributed by atoms with van der Waals surface area (Å²) in [6.07, 6.45) is 3.18. The standard InChI is InChI=1S/C24H25N3O2/c1-15(2)22-10-5-7-16(3)23(22)27-24(29)19-12-21(14-25-13-19)26-20-9-6-8-18(11-20)17(4)28/h5-15,26H,1-4H3,(H,27,29). The second-order valence-electron chi connectivity index (χ2n) is 7.37. The summed E-state index contributed by atoms with van der Waals surface area (Å²) in [5.74, 6) is 0.0822. The third-order valence-corrected chi connectivity index (χ3v) is 4.72. The molecule has 148 valence electrons. The van der Waals surface area contributed by atoms with E-state index in [1.165, 1.54) is 6.92 Å². The Labute approximate surface area is 171 Å². The summed E-state index contributed by atoms with van der Waals surface area (Å²) in [6, 6.07) is 15.0. The average molecular weight is 387 g/mol. The number of nitrogens with one attached hydrogen (secondary N) is 2. The topological polar surface area (TPSA) is 71.1 Å². The first kappa shape index (κ1) is 20.3. The highest BCUT2D eigenvalue weighted by Gasteiger charge is 2.14. The van der Waals surface area contributed by atoms with Crippen molar-refractivity contribution in [2.75, 3.05) is 10.6 Å². The van der Waals surface area contributed by atoms with Crippen LogP contribution in [-0.2, 0) is 0 Å². The molecule has 5 heteroatoms. The van der Waals surface area contributed by atoms with Crippen molar-refractivity contribution < 1.29 is 9.59 Å². The number of aryl methyl sites for hydroxylation is 1. The molecule has 0 radical (unpaired) electrons. The number of carbonyl (C=O) groups excluding carboxylic acids is 2. The summed E-state index contributed by atoms with van der Waals surface area (Å²) in [5, 5.41) is 6.24. The van der Waals surface area contributed by atoms with Gasteiger partial charge < -0.3 is 10.6 Å². The van der Waals surface area contributed by atoms with Crippen molar-refractivity contribution in [3.63, 3.8) is 0 Å². The number of anilines is 3. The van der Waals surface area contributed by atoms with E-state index in [1.807, 2.05) is 37.3 Å². The van der Waals surface area contributed by atoms with E-state index >= 15 is 0 Å². The van der Waals surface area contributed by atoms with Crippen LogP contribution in [0.15, 0.2) is 60.9 Å². The molecule has 0 aliphatic rings. The molecular weight excluding hydrogens is 362 g/mol. The van der Waals surface area contributed by atoms with Crippen molar-refractivity contribution in [2.24, 2.45) is 0 Å². The average Bonchev–Trinajstić information content (AvgIpc) is 2.69. The lowest BCUT2D eigenvalue weighted by atomic mass is 9.98. The Kier molecular flexibility index (Phi) is 6.07.